The SMILES string of the molecule is O=C=CC=CC=O. The van der Waals surface area contributed by atoms with Crippen LogP contribution in [0.2, 0.25) is 0 Å². The summed E-state index contributed by atoms with van der Waals surface area (Å²) in [5.74, 6) is 1.48. The van der Waals surface area contributed by atoms with Crippen molar-refractivity contribution in [3.8, 4) is 0 Å². The van der Waals surface area contributed by atoms with Crippen molar-refractivity contribution in [3.05, 3.63) is 18.2 Å². The van der Waals surface area contributed by atoms with Crippen molar-refractivity contribution in [1.29, 1.82) is 0 Å². The van der Waals surface area contributed by atoms with Gasteiger partial charge in [-0.1, -0.05) is 0 Å². The van der Waals surface area contributed by atoms with Crippen molar-refractivity contribution in [2.45, 2.75) is 0 Å². The minimum Gasteiger partial charge on any atom is -0.299 e. The van der Waals surface area contributed by atoms with E-state index in [1.54, 1.807) is 0 Å². The molecule has 0 aliphatic rings. The topological polar surface area (TPSA) is 34.1 Å². The predicted molar refractivity (Wildman–Crippen MR) is 25.5 cm³/mol. The summed E-state index contributed by atoms with van der Waals surface area (Å²) in [6, 6.07) is 0. The van der Waals surface area contributed by atoms with Crippen molar-refractivity contribution in [3.63, 3.8) is 0 Å². The van der Waals surface area contributed by atoms with E-state index in [0.29, 0.717) is 6.29 Å². The van der Waals surface area contributed by atoms with Crippen LogP contribution in [0.4, 0.5) is 0 Å². The van der Waals surface area contributed by atoms with Crippen molar-refractivity contribution in [1.82, 2.24) is 0 Å². The van der Waals surface area contributed by atoms with Gasteiger partial charge in [0.15, 0.2) is 0 Å². The molecule has 0 amide bonds. The molecule has 36 valence electrons. The lowest BCUT2D eigenvalue weighted by atomic mass is 10.5. The second-order valence-corrected chi connectivity index (χ2v) is 0.806. The average molecular weight is 96.1 g/mol. The molecule has 0 aliphatic carbocycles. The number of hydrogen-bond acceptors (Lipinski definition) is 2. The maximum absolute atomic E-state index is 9.44. The highest BCUT2D eigenvalue weighted by molar-refractivity contribution is 5.66. The summed E-state index contributed by atoms with van der Waals surface area (Å²) >= 11 is 0. The van der Waals surface area contributed by atoms with Gasteiger partial charge < -0.3 is 0 Å². The number of hydrogen-bond donors (Lipinski definition) is 0. The maximum Gasteiger partial charge on any atom is 0.142 e. The fourth-order valence-corrected chi connectivity index (χ4v) is 0.140. The molecule has 0 saturated heterocycles. The second kappa shape index (κ2) is 4.86. The molecule has 0 rings (SSSR count). The molecule has 0 aromatic heterocycles. The first-order valence-corrected chi connectivity index (χ1v) is 1.73. The molecule has 7 heavy (non-hydrogen) atoms. The molecule has 0 aromatic carbocycles. The molecule has 0 aliphatic heterocycles. The van der Waals surface area contributed by atoms with E-state index in [1.807, 2.05) is 0 Å². The first kappa shape index (κ1) is 5.86. The molecular formula is C5H4O2. The Labute approximate surface area is 41.1 Å². The molecule has 0 radical (unpaired) electrons. The van der Waals surface area contributed by atoms with Crippen molar-refractivity contribution in [2.75, 3.05) is 0 Å². The van der Waals surface area contributed by atoms with Gasteiger partial charge in [0.25, 0.3) is 0 Å². The lowest BCUT2D eigenvalue weighted by Gasteiger charge is -1.55. The summed E-state index contributed by atoms with van der Waals surface area (Å²) in [6.45, 7) is 0. The minimum absolute atomic E-state index is 0.591. The van der Waals surface area contributed by atoms with Gasteiger partial charge in [-0.15, -0.1) is 0 Å². The largest absolute Gasteiger partial charge is 0.299 e. The molecule has 0 spiro atoms. The normalized spacial score (nSPS) is 8.00. The van der Waals surface area contributed by atoms with Gasteiger partial charge in [-0.05, 0) is 12.2 Å². The highest BCUT2D eigenvalue weighted by atomic mass is 16.1. The van der Waals surface area contributed by atoms with Crippen molar-refractivity contribution in [2.24, 2.45) is 0 Å². The number of aldehydes is 1. The van der Waals surface area contributed by atoms with Crippen molar-refractivity contribution < 1.29 is 9.59 Å². The van der Waals surface area contributed by atoms with E-state index in [1.165, 1.54) is 18.1 Å². The highest BCUT2D eigenvalue weighted by Crippen LogP contribution is 1.62. The predicted octanol–water partition coefficient (Wildman–Crippen LogP) is 0.129. The third-order valence-corrected chi connectivity index (χ3v) is 0.354. The van der Waals surface area contributed by atoms with E-state index in [-0.39, 0.29) is 0 Å². The third-order valence-electron chi connectivity index (χ3n) is 0.354. The fraction of sp³-hybridized carbons (Fsp3) is 0. The van der Waals surface area contributed by atoms with Crippen LogP contribution in [0.15, 0.2) is 18.2 Å². The van der Waals surface area contributed by atoms with E-state index in [9.17, 15) is 9.59 Å². The summed E-state index contributed by atoms with van der Waals surface area (Å²) in [4.78, 5) is 18.8. The van der Waals surface area contributed by atoms with Crippen LogP contribution in [-0.4, -0.2) is 12.2 Å². The molecule has 0 bridgehead atoms. The van der Waals surface area contributed by atoms with Crippen LogP contribution in [0.25, 0.3) is 0 Å². The first-order chi connectivity index (χ1) is 3.41. The smallest absolute Gasteiger partial charge is 0.142 e. The van der Waals surface area contributed by atoms with Crippen LogP contribution in [0, 0.1) is 0 Å². The molecular weight excluding hydrogens is 92.1 g/mol. The molecule has 0 unspecified atom stereocenters. The first-order valence-electron chi connectivity index (χ1n) is 1.73. The Kier molecular flexibility index (Phi) is 4.07. The Bertz CT molecular complexity index is 118. The van der Waals surface area contributed by atoms with Crippen LogP contribution in [0.3, 0.4) is 0 Å². The zero-order valence-electron chi connectivity index (χ0n) is 3.63. The quantitative estimate of drug-likeness (QED) is 0.212. The van der Waals surface area contributed by atoms with Crippen LogP contribution in [0.5, 0.6) is 0 Å². The van der Waals surface area contributed by atoms with E-state index in [0.717, 1.165) is 6.08 Å². The molecule has 0 fully saturated rings. The van der Waals surface area contributed by atoms with Gasteiger partial charge >= 0.3 is 0 Å². The molecule has 0 N–H and O–H groups in total. The zero-order chi connectivity index (χ0) is 5.54. The Hall–Kier alpha value is -1.14. The Balaban J connectivity index is 3.47. The van der Waals surface area contributed by atoms with Gasteiger partial charge in [-0.3, -0.25) is 4.79 Å². The van der Waals surface area contributed by atoms with Crippen LogP contribution >= 0.6 is 0 Å². The minimum atomic E-state index is 0.591. The van der Waals surface area contributed by atoms with Gasteiger partial charge in [0, 0.05) is 6.08 Å². The van der Waals surface area contributed by atoms with Gasteiger partial charge in [0.2, 0.25) is 0 Å². The summed E-state index contributed by atoms with van der Waals surface area (Å²) < 4.78 is 0. The van der Waals surface area contributed by atoms with Crippen LogP contribution in [-0.2, 0) is 9.59 Å². The molecule has 2 nitrogen and oxygen atoms in total. The number of carbonyl (C=O) groups is 1. The lowest BCUT2D eigenvalue weighted by Crippen LogP contribution is -1.54. The van der Waals surface area contributed by atoms with E-state index >= 15 is 0 Å². The molecule has 2 heteroatoms. The summed E-state index contributed by atoms with van der Waals surface area (Å²) in [6.07, 6.45) is 4.24. The van der Waals surface area contributed by atoms with Gasteiger partial charge in [0.05, 0.1) is 0 Å². The van der Waals surface area contributed by atoms with Gasteiger partial charge in [0.1, 0.15) is 12.2 Å². The molecule has 0 heterocycles. The number of rotatable bonds is 2. The fourth-order valence-electron chi connectivity index (χ4n) is 0.140. The third kappa shape index (κ3) is 4.86. The zero-order valence-corrected chi connectivity index (χ0v) is 3.63. The molecule has 0 atom stereocenters. The number of allylic oxidation sites excluding steroid dienone is 3. The molecule has 0 saturated carbocycles. The van der Waals surface area contributed by atoms with Crippen molar-refractivity contribution >= 4 is 12.2 Å². The summed E-state index contributed by atoms with van der Waals surface area (Å²) in [5, 5.41) is 0. The average Bonchev–Trinajstić information content (AvgIpc) is 1.69. The lowest BCUT2D eigenvalue weighted by molar-refractivity contribution is -0.104. The van der Waals surface area contributed by atoms with E-state index in [4.69, 9.17) is 0 Å². The highest BCUT2D eigenvalue weighted by Gasteiger charge is 1.56. The Morgan fingerprint density at radius 3 is 2.43 bits per heavy atom. The standard InChI is InChI=1S/C5H4O2/c6-4-2-1-3-5-7/h1-4H. The number of carbonyl (C=O) groups excluding carboxylic acids is 2. The van der Waals surface area contributed by atoms with E-state index in [2.05, 4.69) is 0 Å². The Morgan fingerprint density at radius 1 is 1.29 bits per heavy atom. The monoisotopic (exact) mass is 96.0 g/mol. The summed E-state index contributed by atoms with van der Waals surface area (Å²) in [5.41, 5.74) is 0. The van der Waals surface area contributed by atoms with Gasteiger partial charge in [-0.2, -0.15) is 0 Å². The molecule has 0 aromatic rings. The van der Waals surface area contributed by atoms with Crippen LogP contribution in [0.1, 0.15) is 0 Å². The van der Waals surface area contributed by atoms with Gasteiger partial charge in [-0.25, -0.2) is 4.79 Å². The van der Waals surface area contributed by atoms with E-state index < -0.39 is 0 Å². The maximum atomic E-state index is 9.44. The Morgan fingerprint density at radius 2 is 2.00 bits per heavy atom. The summed E-state index contributed by atoms with van der Waals surface area (Å²) in [7, 11) is 0. The second-order valence-electron chi connectivity index (χ2n) is 0.806. The van der Waals surface area contributed by atoms with Crippen LogP contribution < -0.4 is 0 Å².